The molecule has 1 heterocycles. The molecule has 1 fully saturated rings. The van der Waals surface area contributed by atoms with Gasteiger partial charge in [0.05, 0.1) is 6.61 Å². The highest BCUT2D eigenvalue weighted by Crippen LogP contribution is 2.18. The van der Waals surface area contributed by atoms with Gasteiger partial charge in [-0.15, -0.1) is 0 Å². The molecule has 0 aliphatic carbocycles. The smallest absolute Gasteiger partial charge is 0.184 e. The summed E-state index contributed by atoms with van der Waals surface area (Å²) in [7, 11) is 0. The summed E-state index contributed by atoms with van der Waals surface area (Å²) >= 11 is 0. The zero-order valence-electron chi connectivity index (χ0n) is 6.24. The molecular formula is C6H12O6. The van der Waals surface area contributed by atoms with Crippen molar-refractivity contribution < 1.29 is 30.3 Å². The molecule has 0 radical (unpaired) electrons. The number of rotatable bonds is 1. The van der Waals surface area contributed by atoms with Crippen molar-refractivity contribution in [1.29, 1.82) is 0 Å². The fraction of sp³-hybridized carbons (Fsp3) is 1.00. The molecule has 1 saturated heterocycles. The lowest BCUT2D eigenvalue weighted by Crippen LogP contribution is -2.58. The van der Waals surface area contributed by atoms with E-state index in [1.165, 1.54) is 0 Å². The van der Waals surface area contributed by atoms with Gasteiger partial charge in [-0.25, -0.2) is 0 Å². The van der Waals surface area contributed by atoms with E-state index >= 15 is 0 Å². The molecule has 5 N–H and O–H groups in total. The molecule has 6 nitrogen and oxygen atoms in total. The molecular weight excluding hydrogens is 169 g/mol. The van der Waals surface area contributed by atoms with Crippen LogP contribution in [0.4, 0.5) is 0 Å². The lowest BCUT2D eigenvalue weighted by Gasteiger charge is -2.37. The van der Waals surface area contributed by atoms with E-state index < -0.39 is 37.3 Å². The Balaban J connectivity index is 2.63. The highest BCUT2D eigenvalue weighted by Gasteiger charge is 2.42. The topological polar surface area (TPSA) is 110 Å². The second-order valence-corrected chi connectivity index (χ2v) is 2.72. The van der Waals surface area contributed by atoms with E-state index in [1.54, 1.807) is 0 Å². The van der Waals surface area contributed by atoms with E-state index in [9.17, 15) is 0 Å². The van der Waals surface area contributed by atoms with Gasteiger partial charge in [0.25, 0.3) is 0 Å². The fourth-order valence-electron chi connectivity index (χ4n) is 1.08. The molecule has 0 aromatic heterocycles. The molecule has 0 bridgehead atoms. The lowest BCUT2D eigenvalue weighted by atomic mass is 10.0. The van der Waals surface area contributed by atoms with Crippen molar-refractivity contribution in [1.82, 2.24) is 0 Å². The predicted molar refractivity (Wildman–Crippen MR) is 36.0 cm³/mol. The van der Waals surface area contributed by atoms with E-state index in [4.69, 9.17) is 25.5 Å². The first-order valence-corrected chi connectivity index (χ1v) is 3.56. The summed E-state index contributed by atoms with van der Waals surface area (Å²) in [6.45, 7) is -0.526. The maximum atomic E-state index is 9.12. The third-order valence-electron chi connectivity index (χ3n) is 1.87. The van der Waals surface area contributed by atoms with Crippen molar-refractivity contribution in [2.24, 2.45) is 0 Å². The van der Waals surface area contributed by atoms with E-state index in [0.717, 1.165) is 0 Å². The zero-order valence-corrected chi connectivity index (χ0v) is 6.24. The average Bonchev–Trinajstić information content (AvgIpc) is 2.08. The molecule has 0 saturated carbocycles. The van der Waals surface area contributed by atoms with Crippen LogP contribution < -0.4 is 0 Å². The van der Waals surface area contributed by atoms with Gasteiger partial charge >= 0.3 is 0 Å². The minimum Gasteiger partial charge on any atom is -0.394 e. The van der Waals surface area contributed by atoms with Crippen molar-refractivity contribution in [2.75, 3.05) is 6.61 Å². The van der Waals surface area contributed by atoms with Crippen LogP contribution in [-0.2, 0) is 4.74 Å². The number of aliphatic hydroxyl groups excluding tert-OH is 5. The van der Waals surface area contributed by atoms with Gasteiger partial charge in [0.1, 0.15) is 24.4 Å². The van der Waals surface area contributed by atoms with Gasteiger partial charge < -0.3 is 30.3 Å². The Labute approximate surface area is 68.6 Å². The van der Waals surface area contributed by atoms with E-state index in [0.29, 0.717) is 0 Å². The Morgan fingerprint density at radius 2 is 1.50 bits per heavy atom. The van der Waals surface area contributed by atoms with Crippen LogP contribution in [0.2, 0.25) is 0 Å². The number of ether oxygens (including phenoxy) is 1. The van der Waals surface area contributed by atoms with Crippen LogP contribution in [0.25, 0.3) is 0 Å². The first kappa shape index (κ1) is 9.85. The molecule has 0 spiro atoms. The van der Waals surface area contributed by atoms with Gasteiger partial charge in [0.15, 0.2) is 6.29 Å². The summed E-state index contributed by atoms with van der Waals surface area (Å²) in [5, 5.41) is 44.7. The molecule has 0 aromatic rings. The van der Waals surface area contributed by atoms with E-state index in [1.807, 2.05) is 0 Å². The molecule has 6 heteroatoms. The Morgan fingerprint density at radius 1 is 0.917 bits per heavy atom. The standard InChI is InChI=1S/C6H12O6/c7-1-2-3(8)4(9)5(10)6(11)12-2/h2-11H,1H2/t2?,3-,4-,5?,6?/m0/s1/i6+1. The van der Waals surface area contributed by atoms with Crippen molar-refractivity contribution in [3.05, 3.63) is 0 Å². The summed E-state index contributed by atoms with van der Waals surface area (Å²) < 4.78 is 4.58. The van der Waals surface area contributed by atoms with Gasteiger partial charge in [-0.2, -0.15) is 0 Å². The van der Waals surface area contributed by atoms with Crippen LogP contribution in [0, 0.1) is 0 Å². The number of hydrogen-bond donors (Lipinski definition) is 5. The molecule has 1 aliphatic rings. The predicted octanol–water partition coefficient (Wildman–Crippen LogP) is -3.22. The Kier molecular flexibility index (Phi) is 2.99. The van der Waals surface area contributed by atoms with Crippen LogP contribution in [-0.4, -0.2) is 62.8 Å². The molecule has 72 valence electrons. The van der Waals surface area contributed by atoms with Gasteiger partial charge in [0.2, 0.25) is 0 Å². The minimum absolute atomic E-state index is 0.526. The number of hydrogen-bond acceptors (Lipinski definition) is 6. The Morgan fingerprint density at radius 3 is 2.00 bits per heavy atom. The molecule has 1 rings (SSSR count). The molecule has 1 aliphatic heterocycles. The SMILES string of the molecule is OCC1O[13CH](O)C(O)[C@@H](O)[C@H]1O. The monoisotopic (exact) mass is 181 g/mol. The van der Waals surface area contributed by atoms with Gasteiger partial charge in [-0.3, -0.25) is 0 Å². The first-order valence-electron chi connectivity index (χ1n) is 3.56. The quantitative estimate of drug-likeness (QED) is 0.272. The third kappa shape index (κ3) is 1.58. The van der Waals surface area contributed by atoms with Gasteiger partial charge in [-0.1, -0.05) is 0 Å². The van der Waals surface area contributed by atoms with Crippen LogP contribution in [0.15, 0.2) is 0 Å². The van der Waals surface area contributed by atoms with Crippen LogP contribution >= 0.6 is 0 Å². The normalized spacial score (nSPS) is 49.2. The summed E-state index contributed by atoms with van der Waals surface area (Å²) in [6.07, 6.45) is -7.04. The maximum Gasteiger partial charge on any atom is 0.184 e. The van der Waals surface area contributed by atoms with E-state index in [-0.39, 0.29) is 0 Å². The van der Waals surface area contributed by atoms with Gasteiger partial charge in [-0.05, 0) is 0 Å². The minimum atomic E-state index is -1.57. The van der Waals surface area contributed by atoms with Gasteiger partial charge in [0, 0.05) is 0 Å². The highest BCUT2D eigenvalue weighted by atomic mass is 16.7. The second kappa shape index (κ2) is 3.65. The molecule has 0 amide bonds. The summed E-state index contributed by atoms with van der Waals surface area (Å²) in [4.78, 5) is 0. The Bertz CT molecular complexity index is 146. The lowest BCUT2D eigenvalue weighted by molar-refractivity contribution is -0.286. The molecule has 5 atom stereocenters. The fourth-order valence-corrected chi connectivity index (χ4v) is 1.08. The molecule has 12 heavy (non-hydrogen) atoms. The van der Waals surface area contributed by atoms with Crippen molar-refractivity contribution in [3.63, 3.8) is 0 Å². The third-order valence-corrected chi connectivity index (χ3v) is 1.87. The van der Waals surface area contributed by atoms with Crippen molar-refractivity contribution in [3.8, 4) is 0 Å². The molecule has 0 aromatic carbocycles. The summed E-state index contributed by atoms with van der Waals surface area (Å²) in [5.74, 6) is 0. The average molecular weight is 181 g/mol. The first-order chi connectivity index (χ1) is 5.57. The van der Waals surface area contributed by atoms with Crippen molar-refractivity contribution >= 4 is 0 Å². The largest absolute Gasteiger partial charge is 0.394 e. The molecule has 3 unspecified atom stereocenters. The maximum absolute atomic E-state index is 9.12. The Hall–Kier alpha value is -0.240. The van der Waals surface area contributed by atoms with Crippen LogP contribution in [0.3, 0.4) is 0 Å². The highest BCUT2D eigenvalue weighted by molar-refractivity contribution is 4.87. The van der Waals surface area contributed by atoms with Crippen LogP contribution in [0.5, 0.6) is 0 Å². The zero-order chi connectivity index (χ0) is 9.30. The number of aliphatic hydroxyl groups is 5. The van der Waals surface area contributed by atoms with E-state index in [2.05, 4.69) is 4.74 Å². The summed E-state index contributed by atoms with van der Waals surface area (Å²) in [5.41, 5.74) is 0. The van der Waals surface area contributed by atoms with Crippen LogP contribution in [0.1, 0.15) is 0 Å². The summed E-state index contributed by atoms with van der Waals surface area (Å²) in [6, 6.07) is 0. The van der Waals surface area contributed by atoms with Crippen molar-refractivity contribution in [2.45, 2.75) is 30.7 Å². The second-order valence-electron chi connectivity index (χ2n) is 2.72.